The van der Waals surface area contributed by atoms with Crippen LogP contribution >= 0.6 is 0 Å². The Morgan fingerprint density at radius 1 is 1.12 bits per heavy atom. The molecular formula is C3H13AlO4. The lowest BCUT2D eigenvalue weighted by molar-refractivity contribution is 0.0450. The first-order chi connectivity index (χ1) is 2.81. The molecule has 0 amide bonds. The van der Waals surface area contributed by atoms with Gasteiger partial charge in [-0.05, 0) is 0 Å². The number of rotatable bonds is 2. The van der Waals surface area contributed by atoms with Crippen molar-refractivity contribution in [2.75, 3.05) is 13.2 Å². The molecule has 0 radical (unpaired) electrons. The molecule has 52 valence electrons. The molecule has 5 heteroatoms. The average molecular weight is 140 g/mol. The average Bonchev–Trinajstić information content (AvgIpc) is 1.65. The monoisotopic (exact) mass is 140 g/mol. The Labute approximate surface area is 58.2 Å². The summed E-state index contributed by atoms with van der Waals surface area (Å²) in [7, 11) is 0. The highest BCUT2D eigenvalue weighted by molar-refractivity contribution is 5.75. The van der Waals surface area contributed by atoms with Gasteiger partial charge in [-0.15, -0.1) is 0 Å². The zero-order chi connectivity index (χ0) is 4.99. The van der Waals surface area contributed by atoms with E-state index in [0.29, 0.717) is 0 Å². The van der Waals surface area contributed by atoms with Crippen molar-refractivity contribution in [1.29, 1.82) is 0 Å². The van der Waals surface area contributed by atoms with Crippen LogP contribution in [-0.4, -0.2) is 57.5 Å². The minimum absolute atomic E-state index is 0. The third-order valence-electron chi connectivity index (χ3n) is 0.421. The number of hydrogen-bond donors (Lipinski definition) is 3. The SMILES string of the molecule is O.OCC(O)CO.[AlH3]. The van der Waals surface area contributed by atoms with Crippen molar-refractivity contribution in [2.24, 2.45) is 0 Å². The summed E-state index contributed by atoms with van der Waals surface area (Å²) in [6, 6.07) is 0. The molecule has 8 heavy (non-hydrogen) atoms. The summed E-state index contributed by atoms with van der Waals surface area (Å²) in [6.07, 6.45) is -0.954. The van der Waals surface area contributed by atoms with Gasteiger partial charge in [-0.3, -0.25) is 0 Å². The molecule has 0 aromatic carbocycles. The van der Waals surface area contributed by atoms with Crippen LogP contribution in [0.25, 0.3) is 0 Å². The smallest absolute Gasteiger partial charge is 0.187 e. The molecule has 0 spiro atoms. The van der Waals surface area contributed by atoms with Crippen molar-refractivity contribution < 1.29 is 20.8 Å². The summed E-state index contributed by atoms with van der Waals surface area (Å²) in [5.41, 5.74) is 0. The molecule has 0 heterocycles. The maximum absolute atomic E-state index is 8.17. The van der Waals surface area contributed by atoms with Crippen LogP contribution in [0.1, 0.15) is 0 Å². The zero-order valence-electron chi connectivity index (χ0n) is 3.83. The Morgan fingerprint density at radius 3 is 1.38 bits per heavy atom. The van der Waals surface area contributed by atoms with Gasteiger partial charge in [0, 0.05) is 0 Å². The Bertz CT molecular complexity index is 30.5. The van der Waals surface area contributed by atoms with Crippen molar-refractivity contribution in [2.45, 2.75) is 6.10 Å². The molecule has 0 aliphatic carbocycles. The van der Waals surface area contributed by atoms with Gasteiger partial charge in [-0.1, -0.05) is 0 Å². The van der Waals surface area contributed by atoms with Gasteiger partial charge in [0.2, 0.25) is 0 Å². The summed E-state index contributed by atoms with van der Waals surface area (Å²) in [5, 5.41) is 24.0. The predicted molar refractivity (Wildman–Crippen MR) is 33.7 cm³/mol. The van der Waals surface area contributed by atoms with Crippen LogP contribution < -0.4 is 0 Å². The maximum Gasteiger partial charge on any atom is 0.187 e. The van der Waals surface area contributed by atoms with Gasteiger partial charge in [0.25, 0.3) is 0 Å². The predicted octanol–water partition coefficient (Wildman–Crippen LogP) is -3.68. The summed E-state index contributed by atoms with van der Waals surface area (Å²) < 4.78 is 0. The largest absolute Gasteiger partial charge is 0.412 e. The quantitative estimate of drug-likeness (QED) is 0.345. The van der Waals surface area contributed by atoms with E-state index in [0.717, 1.165) is 0 Å². The highest BCUT2D eigenvalue weighted by Gasteiger charge is 1.93. The van der Waals surface area contributed by atoms with Crippen LogP contribution in [0.15, 0.2) is 0 Å². The molecular weight excluding hydrogens is 127 g/mol. The number of aliphatic hydroxyl groups is 3. The van der Waals surface area contributed by atoms with Crippen LogP contribution in [-0.2, 0) is 0 Å². The molecule has 0 atom stereocenters. The van der Waals surface area contributed by atoms with Gasteiger partial charge in [-0.25, -0.2) is 0 Å². The molecule has 5 N–H and O–H groups in total. The minimum atomic E-state index is -0.954. The molecule has 0 aromatic rings. The van der Waals surface area contributed by atoms with E-state index in [2.05, 4.69) is 0 Å². The highest BCUT2D eigenvalue weighted by atomic mass is 27.0. The molecule has 0 fully saturated rings. The summed E-state index contributed by atoms with van der Waals surface area (Å²) in [6.45, 7) is -0.729. The summed E-state index contributed by atoms with van der Waals surface area (Å²) >= 11 is 0. The van der Waals surface area contributed by atoms with E-state index in [9.17, 15) is 0 Å². The van der Waals surface area contributed by atoms with Crippen LogP contribution in [0, 0.1) is 0 Å². The summed E-state index contributed by atoms with van der Waals surface area (Å²) in [4.78, 5) is 0. The lowest BCUT2D eigenvalue weighted by Crippen LogP contribution is -2.15. The Morgan fingerprint density at radius 2 is 1.38 bits per heavy atom. The van der Waals surface area contributed by atoms with E-state index in [1.165, 1.54) is 0 Å². The third kappa shape index (κ3) is 9.62. The second kappa shape index (κ2) is 10.4. The lowest BCUT2D eigenvalue weighted by atomic mass is 10.4. The van der Waals surface area contributed by atoms with Crippen LogP contribution in [0.3, 0.4) is 0 Å². The first kappa shape index (κ1) is 15.8. The van der Waals surface area contributed by atoms with Crippen molar-refractivity contribution >= 4 is 17.4 Å². The van der Waals surface area contributed by atoms with Crippen molar-refractivity contribution in [3.8, 4) is 0 Å². The van der Waals surface area contributed by atoms with E-state index in [4.69, 9.17) is 15.3 Å². The van der Waals surface area contributed by atoms with Crippen molar-refractivity contribution in [1.82, 2.24) is 0 Å². The molecule has 0 rings (SSSR count). The molecule has 4 nitrogen and oxygen atoms in total. The van der Waals surface area contributed by atoms with Gasteiger partial charge >= 0.3 is 0 Å². The topological polar surface area (TPSA) is 92.2 Å². The van der Waals surface area contributed by atoms with Crippen LogP contribution in [0.2, 0.25) is 0 Å². The van der Waals surface area contributed by atoms with Crippen LogP contribution in [0.5, 0.6) is 0 Å². The van der Waals surface area contributed by atoms with E-state index in [1.807, 2.05) is 0 Å². The second-order valence-corrected chi connectivity index (χ2v) is 1.02. The number of aliphatic hydroxyl groups excluding tert-OH is 3. The first-order valence-corrected chi connectivity index (χ1v) is 1.71. The van der Waals surface area contributed by atoms with Gasteiger partial charge in [0.1, 0.15) is 6.10 Å². The fourth-order valence-electron chi connectivity index (χ4n) is 0.0577. The molecule has 0 bridgehead atoms. The normalized spacial score (nSPS) is 7.50. The zero-order valence-corrected chi connectivity index (χ0v) is 3.83. The Hall–Kier alpha value is 0.372. The molecule has 0 aromatic heterocycles. The highest BCUT2D eigenvalue weighted by Crippen LogP contribution is 1.71. The van der Waals surface area contributed by atoms with Crippen molar-refractivity contribution in [3.05, 3.63) is 0 Å². The van der Waals surface area contributed by atoms with E-state index in [1.54, 1.807) is 0 Å². The van der Waals surface area contributed by atoms with Crippen LogP contribution in [0.4, 0.5) is 0 Å². The Kier molecular flexibility index (Phi) is 20.4. The summed E-state index contributed by atoms with van der Waals surface area (Å²) in [5.74, 6) is 0. The molecule has 0 aliphatic rings. The first-order valence-electron chi connectivity index (χ1n) is 1.71. The standard InChI is InChI=1S/C3H8O3.Al.H2O.3H/c4-1-3(6)2-5;;;;;/h3-6H,1-2H2;;1H2;;;. The molecule has 0 aliphatic heterocycles. The molecule has 0 saturated heterocycles. The van der Waals surface area contributed by atoms with Crippen molar-refractivity contribution in [3.63, 3.8) is 0 Å². The molecule has 0 saturated carbocycles. The Balaban J connectivity index is -0.000000125. The number of hydrogen-bond acceptors (Lipinski definition) is 3. The molecule has 0 unspecified atom stereocenters. The maximum atomic E-state index is 8.17. The van der Waals surface area contributed by atoms with Gasteiger partial charge in [0.15, 0.2) is 17.4 Å². The van der Waals surface area contributed by atoms with Gasteiger partial charge < -0.3 is 20.8 Å². The fourth-order valence-corrected chi connectivity index (χ4v) is 0.0577. The lowest BCUT2D eigenvalue weighted by Gasteiger charge is -1.96. The van der Waals surface area contributed by atoms with E-state index < -0.39 is 6.10 Å². The van der Waals surface area contributed by atoms with E-state index >= 15 is 0 Å². The minimum Gasteiger partial charge on any atom is -0.412 e. The fraction of sp³-hybridized carbons (Fsp3) is 1.00. The van der Waals surface area contributed by atoms with Gasteiger partial charge in [-0.2, -0.15) is 0 Å². The third-order valence-corrected chi connectivity index (χ3v) is 0.421. The second-order valence-electron chi connectivity index (χ2n) is 1.02. The van der Waals surface area contributed by atoms with E-state index in [-0.39, 0.29) is 36.1 Å². The van der Waals surface area contributed by atoms with Gasteiger partial charge in [0.05, 0.1) is 13.2 Å².